The maximum absolute atomic E-state index is 11.6. The van der Waals surface area contributed by atoms with Gasteiger partial charge in [-0.25, -0.2) is 0 Å². The highest BCUT2D eigenvalue weighted by Gasteiger charge is 2.39. The van der Waals surface area contributed by atoms with Crippen LogP contribution in [0.1, 0.15) is 27.7 Å². The van der Waals surface area contributed by atoms with Gasteiger partial charge in [0.25, 0.3) is 0 Å². The first-order valence-electron chi connectivity index (χ1n) is 4.89. The van der Waals surface area contributed by atoms with Crippen LogP contribution in [0, 0.1) is 11.3 Å². The lowest BCUT2D eigenvalue weighted by atomic mass is 9.75. The fraction of sp³-hybridized carbons (Fsp3) is 0.727. The molecule has 0 spiro atoms. The topological polar surface area (TPSA) is 46.5 Å². The average Bonchev–Trinajstić information content (AvgIpc) is 2.15. The van der Waals surface area contributed by atoms with Crippen molar-refractivity contribution in [2.45, 2.75) is 33.8 Å². The Morgan fingerprint density at radius 1 is 1.64 bits per heavy atom. The third kappa shape index (κ3) is 2.58. The van der Waals surface area contributed by atoms with Crippen LogP contribution in [0.2, 0.25) is 0 Å². The molecule has 3 nitrogen and oxygen atoms in total. The molecule has 0 saturated carbocycles. The molecule has 0 rings (SSSR count). The van der Waals surface area contributed by atoms with Crippen LogP contribution in [0.4, 0.5) is 0 Å². The summed E-state index contributed by atoms with van der Waals surface area (Å²) in [7, 11) is 0. The van der Waals surface area contributed by atoms with Crippen LogP contribution in [-0.4, -0.2) is 23.8 Å². The van der Waals surface area contributed by atoms with Gasteiger partial charge in [0.1, 0.15) is 0 Å². The highest BCUT2D eigenvalue weighted by Crippen LogP contribution is 2.32. The van der Waals surface area contributed by atoms with Gasteiger partial charge >= 0.3 is 5.97 Å². The van der Waals surface area contributed by atoms with Gasteiger partial charge in [-0.15, -0.1) is 6.58 Å². The normalized spacial score (nSPS) is 19.2. The Balaban J connectivity index is 4.78. The molecule has 0 fully saturated rings. The van der Waals surface area contributed by atoms with Gasteiger partial charge < -0.3 is 9.84 Å². The first kappa shape index (κ1) is 13.2. The summed E-state index contributed by atoms with van der Waals surface area (Å²) in [4.78, 5) is 11.6. The van der Waals surface area contributed by atoms with Crippen LogP contribution in [0.5, 0.6) is 0 Å². The molecule has 0 aromatic rings. The van der Waals surface area contributed by atoms with Crippen molar-refractivity contribution < 1.29 is 14.6 Å². The third-order valence-corrected chi connectivity index (χ3v) is 2.81. The van der Waals surface area contributed by atoms with Crippen molar-refractivity contribution in [3.63, 3.8) is 0 Å². The van der Waals surface area contributed by atoms with Crippen molar-refractivity contribution >= 4 is 5.97 Å². The minimum Gasteiger partial charge on any atom is -0.465 e. The summed E-state index contributed by atoms with van der Waals surface area (Å²) < 4.78 is 4.95. The Labute approximate surface area is 85.8 Å². The van der Waals surface area contributed by atoms with Crippen LogP contribution >= 0.6 is 0 Å². The molecule has 0 aliphatic carbocycles. The van der Waals surface area contributed by atoms with Gasteiger partial charge in [-0.1, -0.05) is 13.0 Å². The van der Waals surface area contributed by atoms with Gasteiger partial charge in [0.2, 0.25) is 0 Å². The van der Waals surface area contributed by atoms with Crippen molar-refractivity contribution in [3.8, 4) is 0 Å². The van der Waals surface area contributed by atoms with Gasteiger partial charge in [-0.3, -0.25) is 4.79 Å². The van der Waals surface area contributed by atoms with Crippen molar-refractivity contribution in [3.05, 3.63) is 12.7 Å². The highest BCUT2D eigenvalue weighted by molar-refractivity contribution is 5.79. The zero-order chi connectivity index (χ0) is 11.4. The molecule has 0 aliphatic rings. The monoisotopic (exact) mass is 200 g/mol. The molecule has 0 saturated heterocycles. The largest absolute Gasteiger partial charge is 0.465 e. The molecule has 3 atom stereocenters. The summed E-state index contributed by atoms with van der Waals surface area (Å²) in [6.45, 7) is 10.9. The molecule has 3 heteroatoms. The number of ether oxygens (including phenoxy) is 1. The van der Waals surface area contributed by atoms with E-state index in [9.17, 15) is 9.90 Å². The van der Waals surface area contributed by atoms with E-state index in [2.05, 4.69) is 6.58 Å². The van der Waals surface area contributed by atoms with Crippen LogP contribution in [0.3, 0.4) is 0 Å². The minimum atomic E-state index is -0.815. The Kier molecular flexibility index (Phi) is 4.85. The van der Waals surface area contributed by atoms with Crippen molar-refractivity contribution in [1.29, 1.82) is 0 Å². The Hall–Kier alpha value is -0.830. The summed E-state index contributed by atoms with van der Waals surface area (Å²) in [6.07, 6.45) is 0.977. The standard InChI is InChI=1S/C11H20O3/c1-6-11(5,8(3)9(4)12)10(13)14-7-2/h6,8-9,12H,1,7H2,2-5H3. The molecule has 0 bridgehead atoms. The predicted octanol–water partition coefficient (Wildman–Crippen LogP) is 1.76. The number of aliphatic hydroxyl groups is 1. The van der Waals surface area contributed by atoms with Crippen LogP contribution in [0.15, 0.2) is 12.7 Å². The van der Waals surface area contributed by atoms with Gasteiger partial charge in [0.15, 0.2) is 0 Å². The molecule has 82 valence electrons. The van der Waals surface area contributed by atoms with E-state index in [4.69, 9.17) is 4.74 Å². The average molecular weight is 200 g/mol. The van der Waals surface area contributed by atoms with E-state index < -0.39 is 11.5 Å². The number of carbonyl (C=O) groups is 1. The second-order valence-electron chi connectivity index (χ2n) is 3.74. The molecular formula is C11H20O3. The van der Waals surface area contributed by atoms with E-state index in [-0.39, 0.29) is 11.9 Å². The number of hydrogen-bond donors (Lipinski definition) is 1. The number of hydrogen-bond acceptors (Lipinski definition) is 3. The fourth-order valence-corrected chi connectivity index (χ4v) is 1.24. The zero-order valence-electron chi connectivity index (χ0n) is 9.41. The smallest absolute Gasteiger partial charge is 0.316 e. The summed E-state index contributed by atoms with van der Waals surface area (Å²) in [5, 5.41) is 9.45. The zero-order valence-corrected chi connectivity index (χ0v) is 9.41. The molecule has 0 aromatic heterocycles. The number of carbonyl (C=O) groups excluding carboxylic acids is 1. The summed E-state index contributed by atoms with van der Waals surface area (Å²) in [5.41, 5.74) is -0.815. The molecule has 14 heavy (non-hydrogen) atoms. The molecule has 1 N–H and O–H groups in total. The molecule has 0 aliphatic heterocycles. The molecule has 0 radical (unpaired) electrons. The van der Waals surface area contributed by atoms with E-state index in [0.29, 0.717) is 6.61 Å². The SMILES string of the molecule is C=CC(C)(C(=O)OCC)C(C)C(C)O. The lowest BCUT2D eigenvalue weighted by Crippen LogP contribution is -2.39. The van der Waals surface area contributed by atoms with Gasteiger partial charge in [-0.05, 0) is 20.8 Å². The van der Waals surface area contributed by atoms with Crippen LogP contribution in [0.25, 0.3) is 0 Å². The van der Waals surface area contributed by atoms with Crippen molar-refractivity contribution in [1.82, 2.24) is 0 Å². The maximum atomic E-state index is 11.6. The second-order valence-corrected chi connectivity index (χ2v) is 3.74. The van der Waals surface area contributed by atoms with Crippen LogP contribution in [-0.2, 0) is 9.53 Å². The predicted molar refractivity (Wildman–Crippen MR) is 55.8 cm³/mol. The van der Waals surface area contributed by atoms with E-state index in [1.54, 1.807) is 26.8 Å². The maximum Gasteiger partial charge on any atom is 0.316 e. The van der Waals surface area contributed by atoms with E-state index >= 15 is 0 Å². The lowest BCUT2D eigenvalue weighted by molar-refractivity contribution is -0.156. The van der Waals surface area contributed by atoms with E-state index in [0.717, 1.165) is 0 Å². The summed E-state index contributed by atoms with van der Waals surface area (Å²) in [6, 6.07) is 0. The first-order valence-corrected chi connectivity index (χ1v) is 4.89. The number of aliphatic hydroxyl groups excluding tert-OH is 1. The van der Waals surface area contributed by atoms with Crippen molar-refractivity contribution in [2.75, 3.05) is 6.61 Å². The van der Waals surface area contributed by atoms with Crippen LogP contribution < -0.4 is 0 Å². The molecular weight excluding hydrogens is 180 g/mol. The Morgan fingerprint density at radius 2 is 2.14 bits per heavy atom. The van der Waals surface area contributed by atoms with Gasteiger partial charge in [0, 0.05) is 5.92 Å². The lowest BCUT2D eigenvalue weighted by Gasteiger charge is -2.31. The first-order chi connectivity index (χ1) is 6.40. The number of esters is 1. The quantitative estimate of drug-likeness (QED) is 0.543. The second kappa shape index (κ2) is 5.15. The summed E-state index contributed by atoms with van der Waals surface area (Å²) >= 11 is 0. The Bertz CT molecular complexity index is 211. The van der Waals surface area contributed by atoms with E-state index in [1.165, 1.54) is 0 Å². The number of rotatable bonds is 5. The molecule has 0 amide bonds. The Morgan fingerprint density at radius 3 is 2.43 bits per heavy atom. The minimum absolute atomic E-state index is 0.209. The van der Waals surface area contributed by atoms with Gasteiger partial charge in [-0.2, -0.15) is 0 Å². The molecule has 0 aromatic carbocycles. The van der Waals surface area contributed by atoms with E-state index in [1.807, 2.05) is 6.92 Å². The third-order valence-electron chi connectivity index (χ3n) is 2.81. The summed E-state index contributed by atoms with van der Waals surface area (Å²) in [5.74, 6) is -0.539. The van der Waals surface area contributed by atoms with Gasteiger partial charge in [0.05, 0.1) is 18.1 Å². The van der Waals surface area contributed by atoms with Crippen molar-refractivity contribution in [2.24, 2.45) is 11.3 Å². The molecule has 0 heterocycles. The highest BCUT2D eigenvalue weighted by atomic mass is 16.5. The fourth-order valence-electron chi connectivity index (χ4n) is 1.24. The molecule has 3 unspecified atom stereocenters.